The van der Waals surface area contributed by atoms with Gasteiger partial charge in [-0.1, -0.05) is 102 Å². The van der Waals surface area contributed by atoms with Crippen LogP contribution in [-0.4, -0.2) is 28.4 Å². The molecule has 0 N–H and O–H groups in total. The molecule has 6 aromatic carbocycles. The van der Waals surface area contributed by atoms with Gasteiger partial charge in [0, 0.05) is 39.1 Å². The Morgan fingerprint density at radius 3 is 1.79 bits per heavy atom. The second-order valence-electron chi connectivity index (χ2n) is 20.0. The molecule has 0 atom stereocenters. The summed E-state index contributed by atoms with van der Waals surface area (Å²) in [6.07, 6.45) is 14.1. The van der Waals surface area contributed by atoms with Gasteiger partial charge in [-0.05, 0) is 142 Å². The fraction of sp³-hybridized carbons (Fsp3) is 0.368. The third-order valence-electron chi connectivity index (χ3n) is 14.7. The molecule has 318 valence electrons. The SMILES string of the molecule is COc1ccc(C2(c3ccc(OC)cc3)C=Cc3c4c(c5cc(C6CCCCC6)c(-c6ccc(OC)cc6OC)cc5c3O2)-c2ccccc2C42CC(C)(C)CC(C)(C)C2)cc1. The molecule has 5 nitrogen and oxygen atoms in total. The van der Waals surface area contributed by atoms with E-state index in [0.717, 1.165) is 63.7 Å². The largest absolute Gasteiger partial charge is 0.497 e. The molecule has 2 fully saturated rings. The van der Waals surface area contributed by atoms with Crippen LogP contribution in [0.4, 0.5) is 0 Å². The molecule has 0 bridgehead atoms. The van der Waals surface area contributed by atoms with Crippen LogP contribution in [0.15, 0.2) is 109 Å². The van der Waals surface area contributed by atoms with Gasteiger partial charge in [0.2, 0.25) is 0 Å². The van der Waals surface area contributed by atoms with Crippen LogP contribution in [0.3, 0.4) is 0 Å². The monoisotopic (exact) mass is 824 g/mol. The Morgan fingerprint density at radius 2 is 1.18 bits per heavy atom. The van der Waals surface area contributed by atoms with Crippen LogP contribution in [-0.2, 0) is 11.0 Å². The van der Waals surface area contributed by atoms with Crippen molar-refractivity contribution < 1.29 is 23.7 Å². The third-order valence-corrected chi connectivity index (χ3v) is 14.7. The van der Waals surface area contributed by atoms with E-state index in [1.165, 1.54) is 82.9 Å². The highest BCUT2D eigenvalue weighted by Gasteiger charge is 2.55. The predicted molar refractivity (Wildman–Crippen MR) is 252 cm³/mol. The zero-order valence-corrected chi connectivity index (χ0v) is 37.7. The number of rotatable bonds is 8. The van der Waals surface area contributed by atoms with Gasteiger partial charge in [0.05, 0.1) is 28.4 Å². The van der Waals surface area contributed by atoms with Crippen LogP contribution in [0.25, 0.3) is 39.1 Å². The quantitative estimate of drug-likeness (QED) is 0.153. The smallest absolute Gasteiger partial charge is 0.178 e. The predicted octanol–water partition coefficient (Wildman–Crippen LogP) is 14.4. The van der Waals surface area contributed by atoms with Gasteiger partial charge in [-0.15, -0.1) is 0 Å². The van der Waals surface area contributed by atoms with Gasteiger partial charge in [-0.25, -0.2) is 0 Å². The summed E-state index contributed by atoms with van der Waals surface area (Å²) in [6.45, 7) is 9.96. The lowest BCUT2D eigenvalue weighted by Crippen LogP contribution is -2.44. The minimum Gasteiger partial charge on any atom is -0.497 e. The fourth-order valence-corrected chi connectivity index (χ4v) is 12.9. The first kappa shape index (κ1) is 40.4. The van der Waals surface area contributed by atoms with Gasteiger partial charge in [-0.3, -0.25) is 0 Å². The highest BCUT2D eigenvalue weighted by Crippen LogP contribution is 2.67. The van der Waals surface area contributed by atoms with Crippen molar-refractivity contribution in [2.75, 3.05) is 28.4 Å². The highest BCUT2D eigenvalue weighted by atomic mass is 16.5. The summed E-state index contributed by atoms with van der Waals surface area (Å²) in [6, 6.07) is 37.4. The second-order valence-corrected chi connectivity index (χ2v) is 20.0. The molecular formula is C57H60O5. The Hall–Kier alpha value is -5.68. The molecule has 10 rings (SSSR count). The molecule has 0 saturated heterocycles. The average molecular weight is 825 g/mol. The fourth-order valence-electron chi connectivity index (χ4n) is 12.9. The Labute approximate surface area is 368 Å². The second kappa shape index (κ2) is 15.0. The van der Waals surface area contributed by atoms with E-state index in [1.807, 2.05) is 30.3 Å². The molecule has 4 aliphatic rings. The van der Waals surface area contributed by atoms with Crippen LogP contribution < -0.4 is 23.7 Å². The van der Waals surface area contributed by atoms with E-state index in [0.29, 0.717) is 5.92 Å². The molecule has 5 heteroatoms. The first-order chi connectivity index (χ1) is 29.9. The Kier molecular flexibility index (Phi) is 9.77. The van der Waals surface area contributed by atoms with E-state index in [2.05, 4.69) is 113 Å². The zero-order valence-electron chi connectivity index (χ0n) is 37.7. The van der Waals surface area contributed by atoms with Crippen molar-refractivity contribution in [1.29, 1.82) is 0 Å². The number of hydrogen-bond acceptors (Lipinski definition) is 5. The summed E-state index contributed by atoms with van der Waals surface area (Å²) < 4.78 is 31.2. The van der Waals surface area contributed by atoms with Crippen LogP contribution in [0.1, 0.15) is 118 Å². The van der Waals surface area contributed by atoms with Crippen molar-refractivity contribution >= 4 is 16.8 Å². The van der Waals surface area contributed by atoms with Crippen LogP contribution in [0.5, 0.6) is 28.7 Å². The van der Waals surface area contributed by atoms with Crippen molar-refractivity contribution in [3.8, 4) is 51.0 Å². The van der Waals surface area contributed by atoms with Crippen molar-refractivity contribution in [3.05, 3.63) is 143 Å². The van der Waals surface area contributed by atoms with Gasteiger partial charge < -0.3 is 23.7 Å². The molecule has 3 aliphatic carbocycles. The van der Waals surface area contributed by atoms with E-state index in [4.69, 9.17) is 23.7 Å². The normalized spacial score (nSPS) is 19.0. The zero-order chi connectivity index (χ0) is 43.0. The van der Waals surface area contributed by atoms with Crippen molar-refractivity contribution in [2.45, 2.75) is 96.0 Å². The molecule has 0 unspecified atom stereocenters. The van der Waals surface area contributed by atoms with E-state index < -0.39 is 5.60 Å². The maximum absolute atomic E-state index is 7.96. The van der Waals surface area contributed by atoms with E-state index in [1.54, 1.807) is 28.4 Å². The number of methoxy groups -OCH3 is 4. The molecule has 1 heterocycles. The molecular weight excluding hydrogens is 765 g/mol. The summed E-state index contributed by atoms with van der Waals surface area (Å²) in [5, 5.41) is 2.39. The molecule has 62 heavy (non-hydrogen) atoms. The van der Waals surface area contributed by atoms with Gasteiger partial charge >= 0.3 is 0 Å². The number of ether oxygens (including phenoxy) is 5. The molecule has 0 aromatic heterocycles. The van der Waals surface area contributed by atoms with Crippen LogP contribution >= 0.6 is 0 Å². The van der Waals surface area contributed by atoms with Crippen LogP contribution in [0, 0.1) is 10.8 Å². The average Bonchev–Trinajstić information content (AvgIpc) is 3.55. The topological polar surface area (TPSA) is 46.2 Å². The van der Waals surface area contributed by atoms with Gasteiger partial charge in [0.25, 0.3) is 0 Å². The molecule has 1 aliphatic heterocycles. The molecule has 2 saturated carbocycles. The Bertz CT molecular complexity index is 2650. The lowest BCUT2D eigenvalue weighted by molar-refractivity contribution is 0.0642. The van der Waals surface area contributed by atoms with Gasteiger partial charge in [0.1, 0.15) is 28.7 Å². The first-order valence-electron chi connectivity index (χ1n) is 22.6. The number of hydrogen-bond donors (Lipinski definition) is 0. The first-order valence-corrected chi connectivity index (χ1v) is 22.6. The number of fused-ring (bicyclic) bond motifs is 10. The lowest BCUT2D eigenvalue weighted by atomic mass is 9.52. The molecule has 1 spiro atoms. The third kappa shape index (κ3) is 6.40. The Morgan fingerprint density at radius 1 is 0.565 bits per heavy atom. The molecule has 0 radical (unpaired) electrons. The van der Waals surface area contributed by atoms with Crippen molar-refractivity contribution in [1.82, 2.24) is 0 Å². The maximum Gasteiger partial charge on any atom is 0.178 e. The van der Waals surface area contributed by atoms with E-state index in [-0.39, 0.29) is 16.2 Å². The number of benzene rings is 6. The standard InChI is InChI=1S/C57H60O5/c1-54(2)33-55(3,4)35-56(34-54)49-17-13-12-16-43(49)51-47-31-45(36-14-10-9-11-15-36)46(42-27-26-41(60-7)30-50(42)61-8)32-48(47)53-44(52(51)56)28-29-57(62-53,37-18-22-39(58-5)23-19-37)38-20-24-40(59-6)25-21-38/h12-13,16-32,36H,9-11,14-15,33-35H2,1-8H3. The minimum absolute atomic E-state index is 0.121. The molecule has 6 aromatic rings. The maximum atomic E-state index is 7.96. The summed E-state index contributed by atoms with van der Waals surface area (Å²) in [7, 11) is 6.91. The lowest BCUT2D eigenvalue weighted by Gasteiger charge is -2.52. The van der Waals surface area contributed by atoms with E-state index in [9.17, 15) is 0 Å². The summed E-state index contributed by atoms with van der Waals surface area (Å²) in [4.78, 5) is 0. The summed E-state index contributed by atoms with van der Waals surface area (Å²) in [5.74, 6) is 4.54. The van der Waals surface area contributed by atoms with Crippen molar-refractivity contribution in [3.63, 3.8) is 0 Å². The van der Waals surface area contributed by atoms with Gasteiger partial charge in [0.15, 0.2) is 5.60 Å². The van der Waals surface area contributed by atoms with Crippen LogP contribution in [0.2, 0.25) is 0 Å². The molecule has 0 amide bonds. The van der Waals surface area contributed by atoms with Gasteiger partial charge in [-0.2, -0.15) is 0 Å². The van der Waals surface area contributed by atoms with Crippen molar-refractivity contribution in [2.24, 2.45) is 10.8 Å². The summed E-state index contributed by atoms with van der Waals surface area (Å²) >= 11 is 0. The highest BCUT2D eigenvalue weighted by molar-refractivity contribution is 6.10. The van der Waals surface area contributed by atoms with E-state index >= 15 is 0 Å². The Balaban J connectivity index is 1.35. The minimum atomic E-state index is -0.948. The summed E-state index contributed by atoms with van der Waals surface area (Å²) in [5.41, 5.74) is 11.6.